The molecule has 0 unspecified atom stereocenters. The quantitative estimate of drug-likeness (QED) is 0.0370. The number of fused-ring (bicyclic) bond motifs is 2. The van der Waals surface area contributed by atoms with Crippen molar-refractivity contribution < 1.29 is 32.1 Å². The van der Waals surface area contributed by atoms with Crippen molar-refractivity contribution in [1.29, 1.82) is 10.5 Å². The summed E-state index contributed by atoms with van der Waals surface area (Å²) in [7, 11) is 1.01. The Morgan fingerprint density at radius 1 is 0.812 bits per heavy atom. The molecular weight excluding hydrogens is 918 g/mol. The van der Waals surface area contributed by atoms with E-state index in [0.29, 0.717) is 78.6 Å². The number of hydrogen-bond acceptors (Lipinski definition) is 15. The number of H-pyrrole nitrogens is 1. The summed E-state index contributed by atoms with van der Waals surface area (Å²) in [5.41, 5.74) is 3.43. The van der Waals surface area contributed by atoms with Crippen molar-refractivity contribution in [3.63, 3.8) is 0 Å². The summed E-state index contributed by atoms with van der Waals surface area (Å²) in [6.45, 7) is 14.7. The second-order valence-corrected chi connectivity index (χ2v) is 24.8. The van der Waals surface area contributed by atoms with E-state index in [4.69, 9.17) is 51.9 Å². The van der Waals surface area contributed by atoms with E-state index in [2.05, 4.69) is 70.5 Å². The van der Waals surface area contributed by atoms with Crippen LogP contribution in [0.1, 0.15) is 25.0 Å². The zero-order chi connectivity index (χ0) is 46.9. The minimum atomic E-state index is -3.78. The van der Waals surface area contributed by atoms with Crippen LogP contribution in [0.4, 0.5) is 0 Å². The van der Waals surface area contributed by atoms with Crippen LogP contribution in [0.5, 0.6) is 23.0 Å². The van der Waals surface area contributed by atoms with Crippen LogP contribution in [0.3, 0.4) is 0 Å². The van der Waals surface area contributed by atoms with Gasteiger partial charge in [0.15, 0.2) is 28.2 Å². The zero-order valence-electron chi connectivity index (χ0n) is 37.4. The Bertz CT molecular complexity index is 2830. The van der Waals surface area contributed by atoms with Gasteiger partial charge in [-0.2, -0.15) is 15.5 Å². The normalized spacial score (nSPS) is 11.6. The van der Waals surface area contributed by atoms with E-state index >= 15 is 0 Å². The van der Waals surface area contributed by atoms with Gasteiger partial charge < -0.3 is 38.1 Å². The summed E-state index contributed by atoms with van der Waals surface area (Å²) in [5.74, 6) is 2.70. The van der Waals surface area contributed by atoms with Crippen molar-refractivity contribution in [3.8, 4) is 57.7 Å². The first-order valence-electron chi connectivity index (χ1n) is 20.0. The lowest BCUT2D eigenvalue weighted by atomic mass is 10.1. The Labute approximate surface area is 388 Å². The van der Waals surface area contributed by atoms with Crippen molar-refractivity contribution in [3.05, 3.63) is 57.8 Å². The number of nitrogens with zero attached hydrogens (tertiary/aromatic N) is 8. The van der Waals surface area contributed by atoms with E-state index in [0.717, 1.165) is 37.7 Å². The van der Waals surface area contributed by atoms with Crippen LogP contribution in [0.2, 0.25) is 35.7 Å². The second-order valence-electron chi connectivity index (χ2n) is 15.4. The predicted molar refractivity (Wildman–Crippen MR) is 254 cm³/mol. The highest BCUT2D eigenvalue weighted by molar-refractivity contribution is 7.99. The minimum Gasteiger partial charge on any atom is -0.493 e. The molecule has 0 aliphatic rings. The van der Waals surface area contributed by atoms with Crippen molar-refractivity contribution in [2.24, 2.45) is 0 Å². The van der Waals surface area contributed by atoms with Gasteiger partial charge in [-0.15, -0.1) is 0 Å². The van der Waals surface area contributed by atoms with Gasteiger partial charge in [0, 0.05) is 68.9 Å². The second kappa shape index (κ2) is 21.7. The third-order valence-corrected chi connectivity index (χ3v) is 14.0. The van der Waals surface area contributed by atoms with Gasteiger partial charge in [-0.05, 0) is 31.3 Å². The largest absolute Gasteiger partial charge is 0.493 e. The number of aromatic nitrogens is 6. The lowest BCUT2D eigenvalue weighted by molar-refractivity contribution is 0.0898. The topological polar surface area (TPSA) is 203 Å². The molecule has 0 saturated carbocycles. The molecule has 0 fully saturated rings. The number of thioether (sulfide) groups is 1. The van der Waals surface area contributed by atoms with Crippen molar-refractivity contribution in [1.82, 2.24) is 34.4 Å². The Morgan fingerprint density at radius 3 is 1.86 bits per heavy atom. The summed E-state index contributed by atoms with van der Waals surface area (Å²) in [4.78, 5) is 23.4. The fourth-order valence-electron chi connectivity index (χ4n) is 6.49. The first-order chi connectivity index (χ1) is 30.4. The van der Waals surface area contributed by atoms with Gasteiger partial charge in [0.2, 0.25) is 15.0 Å². The van der Waals surface area contributed by atoms with Gasteiger partial charge in [-0.1, -0.05) is 68.5 Å². The average Bonchev–Trinajstić information content (AvgIpc) is 3.86. The molecule has 21 heteroatoms. The number of methoxy groups -OCH3 is 4. The highest BCUT2D eigenvalue weighted by Gasteiger charge is 2.25. The highest BCUT2D eigenvalue weighted by Crippen LogP contribution is 2.42. The molecule has 16 nitrogen and oxygen atoms in total. The summed E-state index contributed by atoms with van der Waals surface area (Å²) >= 11 is 14.7. The van der Waals surface area contributed by atoms with Crippen LogP contribution in [-0.2, 0) is 21.3 Å². The third-order valence-electron chi connectivity index (χ3n) is 10.00. The molecule has 1 N–H and O–H groups in total. The molecule has 0 aliphatic heterocycles. The number of benzene rings is 2. The van der Waals surface area contributed by atoms with E-state index in [9.17, 15) is 18.9 Å². The van der Waals surface area contributed by atoms with Crippen molar-refractivity contribution in [2.45, 2.75) is 56.6 Å². The number of hydrogen-bond donors (Lipinski definition) is 1. The predicted octanol–water partition coefficient (Wildman–Crippen LogP) is 8.96. The molecule has 0 radical (unpaired) electrons. The summed E-state index contributed by atoms with van der Waals surface area (Å²) < 4.78 is 53.8. The maximum absolute atomic E-state index is 12.4. The fraction of sp³-hybridized carbons (Fsp3) is 0.395. The summed E-state index contributed by atoms with van der Waals surface area (Å²) in [6.07, 6.45) is 4.25. The Hall–Kier alpha value is -5.12. The van der Waals surface area contributed by atoms with E-state index in [1.807, 2.05) is 0 Å². The van der Waals surface area contributed by atoms with E-state index < -0.39 is 17.9 Å². The van der Waals surface area contributed by atoms with Crippen LogP contribution >= 0.6 is 35.0 Å². The molecule has 64 heavy (non-hydrogen) atoms. The molecule has 0 aliphatic carbocycles. The standard InChI is InChI=1S/C22H27ClN4O5SSi.C21H24ClN5O2S/c1-30-17-9-15(16(23)10-18(17)31-2)20-19-14(11-24)12-27(13-32-7-8-34(4,5)6)21(19)26-22(25-20)33(3,28)29;1-5-27(6-2)7-8-30-21-25-19(18-13(11-23)12-24-20(18)26-21)14-9-16(28-3)17(29-4)10-15(14)22/h9-10,12H,7-8,13H2,1-6H3;9-10,12H,5-8H2,1-4H3,(H,24,25,26). The van der Waals surface area contributed by atoms with Gasteiger partial charge in [0.05, 0.1) is 71.8 Å². The molecule has 4 heterocycles. The monoisotopic (exact) mass is 967 g/mol. The maximum atomic E-state index is 12.4. The first-order valence-corrected chi connectivity index (χ1v) is 27.4. The van der Waals surface area contributed by atoms with Crippen LogP contribution in [0.15, 0.2) is 47.0 Å². The molecule has 0 saturated heterocycles. The Kier molecular flexibility index (Phi) is 16.9. The number of sulfone groups is 1. The van der Waals surface area contributed by atoms with E-state index in [1.54, 1.807) is 67.2 Å². The molecule has 0 bridgehead atoms. The van der Waals surface area contributed by atoms with Gasteiger partial charge in [0.25, 0.3) is 0 Å². The van der Waals surface area contributed by atoms with Crippen molar-refractivity contribution >= 4 is 74.9 Å². The highest BCUT2D eigenvalue weighted by atomic mass is 35.5. The van der Waals surface area contributed by atoms with Crippen LogP contribution in [0, 0.1) is 22.7 Å². The first kappa shape index (κ1) is 49.9. The zero-order valence-corrected chi connectivity index (χ0v) is 41.6. The Morgan fingerprint density at radius 2 is 1.36 bits per heavy atom. The lowest BCUT2D eigenvalue weighted by Crippen LogP contribution is -2.25. The SMILES string of the molecule is CCN(CC)CCSc1nc(-c2cc(OC)c(OC)cc2Cl)c2c(C#N)c[nH]c2n1.COc1cc(Cl)c(-c2nc(S(C)(=O)=O)nc3c2c(C#N)cn3COCC[Si](C)(C)C)cc1OC. The molecule has 6 aromatic rings. The fourth-order valence-corrected chi connectivity index (χ4v) is 9.08. The van der Waals surface area contributed by atoms with Gasteiger partial charge in [0.1, 0.15) is 30.2 Å². The van der Waals surface area contributed by atoms with Crippen molar-refractivity contribution in [2.75, 3.05) is 66.7 Å². The minimum absolute atomic E-state index is 0.113. The lowest BCUT2D eigenvalue weighted by Gasteiger charge is -2.17. The molecule has 0 spiro atoms. The van der Waals surface area contributed by atoms with E-state index in [1.165, 1.54) is 14.2 Å². The molecule has 0 amide bonds. The third kappa shape index (κ3) is 11.6. The smallest absolute Gasteiger partial charge is 0.249 e. The number of rotatable bonds is 18. The number of nitriles is 2. The average molecular weight is 969 g/mol. The molecule has 6 rings (SSSR count). The van der Waals surface area contributed by atoms with Gasteiger partial charge in [-0.3, -0.25) is 0 Å². The summed E-state index contributed by atoms with van der Waals surface area (Å²) in [6, 6.07) is 11.9. The van der Waals surface area contributed by atoms with Gasteiger partial charge in [-0.25, -0.2) is 23.4 Å². The number of aromatic amines is 1. The number of ether oxygens (including phenoxy) is 5. The van der Waals surface area contributed by atoms with E-state index in [-0.39, 0.29) is 33.8 Å². The maximum Gasteiger partial charge on any atom is 0.249 e. The van der Waals surface area contributed by atoms with Gasteiger partial charge >= 0.3 is 0 Å². The van der Waals surface area contributed by atoms with Crippen LogP contribution in [-0.4, -0.2) is 118 Å². The molecule has 0 atom stereocenters. The Balaban J connectivity index is 0.000000243. The number of nitrogens with one attached hydrogen (secondary N) is 1. The van der Waals surface area contributed by atoms with Crippen LogP contribution in [0.25, 0.3) is 44.6 Å². The van der Waals surface area contributed by atoms with Crippen LogP contribution < -0.4 is 18.9 Å². The summed E-state index contributed by atoms with van der Waals surface area (Å²) in [5, 5.41) is 21.4. The molecule has 2 aromatic carbocycles. The molecule has 4 aromatic heterocycles. The molecular formula is C43H51Cl2N9O7S2Si. The molecule has 340 valence electrons. The number of halogens is 2.